The van der Waals surface area contributed by atoms with Crippen LogP contribution in [0.15, 0.2) is 42.5 Å². The van der Waals surface area contributed by atoms with Crippen LogP contribution in [0.2, 0.25) is 0 Å². The summed E-state index contributed by atoms with van der Waals surface area (Å²) in [6.07, 6.45) is -4.39. The van der Waals surface area contributed by atoms with Crippen molar-refractivity contribution in [2.75, 3.05) is 14.2 Å². The van der Waals surface area contributed by atoms with Crippen LogP contribution < -0.4 is 14.2 Å². The predicted octanol–water partition coefficient (Wildman–Crippen LogP) is 4.26. The first-order chi connectivity index (χ1) is 11.8. The standard InChI is InChI=1S/C18H17F3O4/c1-23-13-9-12(10-14(11-13)24-2)7-8-17(22)25-16-6-4-3-5-15(16)18(19,20)21/h3-6,9-11H,7-8H2,1-2H3. The molecule has 0 aromatic heterocycles. The number of alkyl halides is 3. The number of hydrogen-bond acceptors (Lipinski definition) is 4. The molecule has 0 spiro atoms. The van der Waals surface area contributed by atoms with Gasteiger partial charge in [-0.2, -0.15) is 13.2 Å². The topological polar surface area (TPSA) is 44.8 Å². The number of methoxy groups -OCH3 is 2. The van der Waals surface area contributed by atoms with Crippen LogP contribution in [-0.2, 0) is 17.4 Å². The molecule has 0 amide bonds. The van der Waals surface area contributed by atoms with Gasteiger partial charge in [0.15, 0.2) is 0 Å². The van der Waals surface area contributed by atoms with Gasteiger partial charge in [0.25, 0.3) is 0 Å². The lowest BCUT2D eigenvalue weighted by Gasteiger charge is -2.12. The van der Waals surface area contributed by atoms with E-state index in [1.165, 1.54) is 26.4 Å². The molecule has 0 aliphatic carbocycles. The van der Waals surface area contributed by atoms with Crippen molar-refractivity contribution in [3.05, 3.63) is 53.6 Å². The van der Waals surface area contributed by atoms with Crippen molar-refractivity contribution in [2.24, 2.45) is 0 Å². The molecule has 0 aliphatic heterocycles. The Morgan fingerprint density at radius 3 is 2.16 bits per heavy atom. The van der Waals surface area contributed by atoms with Crippen molar-refractivity contribution in [2.45, 2.75) is 19.0 Å². The van der Waals surface area contributed by atoms with Crippen molar-refractivity contribution in [1.29, 1.82) is 0 Å². The van der Waals surface area contributed by atoms with Gasteiger partial charge in [0.2, 0.25) is 0 Å². The Balaban J connectivity index is 2.05. The van der Waals surface area contributed by atoms with Gasteiger partial charge in [-0.15, -0.1) is 0 Å². The summed E-state index contributed by atoms with van der Waals surface area (Å²) in [5.41, 5.74) is -0.233. The van der Waals surface area contributed by atoms with Crippen LogP contribution in [0.3, 0.4) is 0 Å². The number of halogens is 3. The lowest BCUT2D eigenvalue weighted by atomic mass is 10.1. The zero-order chi connectivity index (χ0) is 18.4. The highest BCUT2D eigenvalue weighted by Gasteiger charge is 2.34. The fourth-order valence-electron chi connectivity index (χ4n) is 2.22. The van der Waals surface area contributed by atoms with E-state index in [1.807, 2.05) is 0 Å². The molecule has 0 saturated carbocycles. The summed E-state index contributed by atoms with van der Waals surface area (Å²) in [6.45, 7) is 0. The molecule has 2 aromatic carbocycles. The molecule has 4 nitrogen and oxygen atoms in total. The SMILES string of the molecule is COc1cc(CCC(=O)Oc2ccccc2C(F)(F)F)cc(OC)c1. The third-order valence-corrected chi connectivity index (χ3v) is 3.45. The summed E-state index contributed by atoms with van der Waals surface area (Å²) in [5, 5.41) is 0. The van der Waals surface area contributed by atoms with Crippen LogP contribution >= 0.6 is 0 Å². The maximum atomic E-state index is 12.9. The highest BCUT2D eigenvalue weighted by atomic mass is 19.4. The predicted molar refractivity (Wildman–Crippen MR) is 84.9 cm³/mol. The Bertz CT molecular complexity index is 719. The van der Waals surface area contributed by atoms with E-state index in [9.17, 15) is 18.0 Å². The van der Waals surface area contributed by atoms with Gasteiger partial charge in [0.05, 0.1) is 19.8 Å². The molecule has 0 aliphatic rings. The van der Waals surface area contributed by atoms with Gasteiger partial charge in [0, 0.05) is 12.5 Å². The Kier molecular flexibility index (Phi) is 5.90. The number of para-hydroxylation sites is 1. The van der Waals surface area contributed by atoms with Crippen molar-refractivity contribution < 1.29 is 32.2 Å². The zero-order valence-corrected chi connectivity index (χ0v) is 13.7. The summed E-state index contributed by atoms with van der Waals surface area (Å²) in [4.78, 5) is 11.9. The molecule has 0 saturated heterocycles. The molecule has 7 heteroatoms. The number of carbonyl (C=O) groups excluding carboxylic acids is 1. The number of esters is 1. The number of carbonyl (C=O) groups is 1. The average Bonchev–Trinajstić information content (AvgIpc) is 2.59. The smallest absolute Gasteiger partial charge is 0.419 e. The van der Waals surface area contributed by atoms with Crippen LogP contribution in [0.4, 0.5) is 13.2 Å². The average molecular weight is 354 g/mol. The van der Waals surface area contributed by atoms with E-state index in [4.69, 9.17) is 14.2 Å². The van der Waals surface area contributed by atoms with Gasteiger partial charge in [-0.05, 0) is 36.2 Å². The molecule has 134 valence electrons. The lowest BCUT2D eigenvalue weighted by molar-refractivity contribution is -0.142. The molecule has 0 radical (unpaired) electrons. The second kappa shape index (κ2) is 7.92. The van der Waals surface area contributed by atoms with Gasteiger partial charge in [-0.25, -0.2) is 0 Å². The summed E-state index contributed by atoms with van der Waals surface area (Å²) in [6, 6.07) is 9.73. The van der Waals surface area contributed by atoms with Crippen molar-refractivity contribution in [3.8, 4) is 17.2 Å². The monoisotopic (exact) mass is 354 g/mol. The molecule has 0 bridgehead atoms. The summed E-state index contributed by atoms with van der Waals surface area (Å²) >= 11 is 0. The highest BCUT2D eigenvalue weighted by molar-refractivity contribution is 5.73. The minimum atomic E-state index is -4.59. The van der Waals surface area contributed by atoms with E-state index < -0.39 is 23.5 Å². The van der Waals surface area contributed by atoms with Gasteiger partial charge < -0.3 is 14.2 Å². The second-order valence-corrected chi connectivity index (χ2v) is 5.19. The number of hydrogen-bond donors (Lipinski definition) is 0. The fraction of sp³-hybridized carbons (Fsp3) is 0.278. The first-order valence-corrected chi connectivity index (χ1v) is 7.42. The van der Waals surface area contributed by atoms with Crippen LogP contribution in [0.1, 0.15) is 17.5 Å². The second-order valence-electron chi connectivity index (χ2n) is 5.19. The minimum absolute atomic E-state index is 0.0808. The molecule has 0 unspecified atom stereocenters. The summed E-state index contributed by atoms with van der Waals surface area (Å²) in [5.74, 6) is -0.128. The number of ether oxygens (including phenoxy) is 3. The van der Waals surface area contributed by atoms with Crippen molar-refractivity contribution in [3.63, 3.8) is 0 Å². The largest absolute Gasteiger partial charge is 0.497 e. The normalized spacial score (nSPS) is 11.1. The van der Waals surface area contributed by atoms with Gasteiger partial charge in [0.1, 0.15) is 17.2 Å². The van der Waals surface area contributed by atoms with E-state index in [0.717, 1.165) is 17.7 Å². The highest BCUT2D eigenvalue weighted by Crippen LogP contribution is 2.36. The molecular formula is C18H17F3O4. The summed E-state index contributed by atoms with van der Waals surface area (Å²) < 4.78 is 53.8. The zero-order valence-electron chi connectivity index (χ0n) is 13.7. The molecule has 0 N–H and O–H groups in total. The van der Waals surface area contributed by atoms with E-state index in [0.29, 0.717) is 11.5 Å². The Labute approximate surface area is 143 Å². The molecular weight excluding hydrogens is 337 g/mol. The number of benzene rings is 2. The summed E-state index contributed by atoms with van der Waals surface area (Å²) in [7, 11) is 3.00. The minimum Gasteiger partial charge on any atom is -0.497 e. The van der Waals surface area contributed by atoms with E-state index in [-0.39, 0.29) is 12.8 Å². The first-order valence-electron chi connectivity index (χ1n) is 7.42. The first kappa shape index (κ1) is 18.6. The number of rotatable bonds is 6. The molecule has 0 fully saturated rings. The van der Waals surface area contributed by atoms with E-state index in [1.54, 1.807) is 18.2 Å². The van der Waals surface area contributed by atoms with Crippen LogP contribution in [0, 0.1) is 0 Å². The molecule has 0 heterocycles. The third kappa shape index (κ3) is 5.14. The van der Waals surface area contributed by atoms with Gasteiger partial charge in [-0.1, -0.05) is 12.1 Å². The Morgan fingerprint density at radius 1 is 1.00 bits per heavy atom. The lowest BCUT2D eigenvalue weighted by Crippen LogP contribution is -2.14. The third-order valence-electron chi connectivity index (χ3n) is 3.45. The number of aryl methyl sites for hydroxylation is 1. The Morgan fingerprint density at radius 2 is 1.60 bits per heavy atom. The maximum Gasteiger partial charge on any atom is 0.419 e. The van der Waals surface area contributed by atoms with Crippen LogP contribution in [-0.4, -0.2) is 20.2 Å². The quantitative estimate of drug-likeness (QED) is 0.574. The van der Waals surface area contributed by atoms with Gasteiger partial charge in [-0.3, -0.25) is 4.79 Å². The molecule has 0 atom stereocenters. The van der Waals surface area contributed by atoms with E-state index in [2.05, 4.69) is 0 Å². The van der Waals surface area contributed by atoms with Crippen LogP contribution in [0.5, 0.6) is 17.2 Å². The van der Waals surface area contributed by atoms with Crippen molar-refractivity contribution in [1.82, 2.24) is 0 Å². The molecule has 25 heavy (non-hydrogen) atoms. The van der Waals surface area contributed by atoms with E-state index >= 15 is 0 Å². The maximum absolute atomic E-state index is 12.9. The molecule has 2 rings (SSSR count). The molecule has 2 aromatic rings. The fourth-order valence-corrected chi connectivity index (χ4v) is 2.22. The van der Waals surface area contributed by atoms with Crippen LogP contribution in [0.25, 0.3) is 0 Å². The van der Waals surface area contributed by atoms with Gasteiger partial charge >= 0.3 is 12.1 Å². The Hall–Kier alpha value is -2.70. The van der Waals surface area contributed by atoms with Crippen molar-refractivity contribution >= 4 is 5.97 Å².